The number of ether oxygens (including phenoxy) is 1. The highest BCUT2D eigenvalue weighted by Gasteiger charge is 2.28. The second-order valence-corrected chi connectivity index (χ2v) is 10.2. The van der Waals surface area contributed by atoms with Gasteiger partial charge in [-0.3, -0.25) is 4.40 Å². The van der Waals surface area contributed by atoms with Gasteiger partial charge in [-0.25, -0.2) is 9.97 Å². The largest absolute Gasteiger partial charge is 0.476 e. The normalized spacial score (nSPS) is 20.3. The first kappa shape index (κ1) is 23.1. The molecular weight excluding hydrogens is 456 g/mol. The molecule has 4 aromatic heterocycles. The van der Waals surface area contributed by atoms with E-state index in [9.17, 15) is 5.11 Å². The maximum atomic E-state index is 10.3. The zero-order chi connectivity index (χ0) is 24.6. The zero-order valence-electron chi connectivity index (χ0n) is 20.8. The Labute approximate surface area is 210 Å². The lowest BCUT2D eigenvalue weighted by molar-refractivity contribution is 0.0883. The fourth-order valence-electron chi connectivity index (χ4n) is 4.89. The number of nitrogens with zero attached hydrogens (tertiary/aromatic N) is 5. The Morgan fingerprint density at radius 3 is 2.89 bits per heavy atom. The second kappa shape index (κ2) is 9.59. The molecule has 1 saturated heterocycles. The van der Waals surface area contributed by atoms with Gasteiger partial charge in [0.05, 0.1) is 30.6 Å². The molecule has 10 heteroatoms. The molecule has 1 aliphatic heterocycles. The van der Waals surface area contributed by atoms with Crippen LogP contribution in [0.2, 0.25) is 0 Å². The lowest BCUT2D eigenvalue weighted by Crippen LogP contribution is -2.43. The van der Waals surface area contributed by atoms with Crippen molar-refractivity contribution in [3.63, 3.8) is 0 Å². The van der Waals surface area contributed by atoms with E-state index >= 15 is 0 Å². The number of aliphatic hydroxyl groups excluding tert-OH is 1. The van der Waals surface area contributed by atoms with Gasteiger partial charge >= 0.3 is 0 Å². The van der Waals surface area contributed by atoms with Crippen LogP contribution in [0.3, 0.4) is 0 Å². The van der Waals surface area contributed by atoms with Gasteiger partial charge in [0.15, 0.2) is 11.5 Å². The van der Waals surface area contributed by atoms with E-state index in [-0.39, 0.29) is 18.1 Å². The molecule has 0 unspecified atom stereocenters. The standard InChI is InChI=1S/C26H34N8O2/c1-16(2)36-25-5-3-4-23-31-19(15-33(23)25)12-29-24-10-22(28-11-18-8-9-27-14-21(18)35)32-26-20(17-6-7-17)13-30-34(24)26/h3-5,10,13,15-18,21,27,29,35H,6-9,11-12,14H2,1-2H3,(H,28,32)/t18-,21+/m1/s1. The molecule has 0 bridgehead atoms. The lowest BCUT2D eigenvalue weighted by atomic mass is 9.95. The molecular formula is C26H34N8O2. The van der Waals surface area contributed by atoms with Crippen molar-refractivity contribution >= 4 is 22.9 Å². The van der Waals surface area contributed by atoms with Gasteiger partial charge in [-0.05, 0) is 57.7 Å². The molecule has 190 valence electrons. The highest BCUT2D eigenvalue weighted by molar-refractivity contribution is 5.61. The molecule has 2 aliphatic rings. The lowest BCUT2D eigenvalue weighted by Gasteiger charge is -2.28. The van der Waals surface area contributed by atoms with Crippen LogP contribution in [0, 0.1) is 5.92 Å². The first-order valence-electron chi connectivity index (χ1n) is 12.9. The number of fused-ring (bicyclic) bond motifs is 2. The number of imidazole rings is 1. The van der Waals surface area contributed by atoms with Crippen molar-refractivity contribution in [3.05, 3.63) is 47.9 Å². The van der Waals surface area contributed by atoms with E-state index < -0.39 is 0 Å². The number of hydrogen-bond acceptors (Lipinski definition) is 8. The van der Waals surface area contributed by atoms with Crippen molar-refractivity contribution < 1.29 is 9.84 Å². The molecule has 0 amide bonds. The van der Waals surface area contributed by atoms with Gasteiger partial charge in [-0.1, -0.05) is 6.07 Å². The summed E-state index contributed by atoms with van der Waals surface area (Å²) in [6, 6.07) is 7.89. The molecule has 6 rings (SSSR count). The monoisotopic (exact) mass is 490 g/mol. The minimum absolute atomic E-state index is 0.0852. The average Bonchev–Trinajstić information content (AvgIpc) is 3.47. The number of β-amino-alcohol motifs (C(OH)–C–C–N with tert-alkyl or cyclic N) is 1. The summed E-state index contributed by atoms with van der Waals surface area (Å²) in [7, 11) is 0. The van der Waals surface area contributed by atoms with E-state index in [2.05, 4.69) is 21.0 Å². The molecule has 0 radical (unpaired) electrons. The van der Waals surface area contributed by atoms with Crippen LogP contribution in [0.4, 0.5) is 11.6 Å². The number of pyridine rings is 1. The molecule has 2 fully saturated rings. The molecule has 1 aliphatic carbocycles. The van der Waals surface area contributed by atoms with Crippen molar-refractivity contribution in [1.29, 1.82) is 0 Å². The molecule has 0 aromatic carbocycles. The van der Waals surface area contributed by atoms with Crippen LogP contribution in [0.1, 0.15) is 50.3 Å². The Bertz CT molecular complexity index is 1360. The quantitative estimate of drug-likeness (QED) is 0.283. The summed E-state index contributed by atoms with van der Waals surface area (Å²) < 4.78 is 9.81. The summed E-state index contributed by atoms with van der Waals surface area (Å²) in [6.45, 7) is 6.83. The average molecular weight is 491 g/mol. The third-order valence-corrected chi connectivity index (χ3v) is 6.96. The van der Waals surface area contributed by atoms with Gasteiger partial charge < -0.3 is 25.8 Å². The molecule has 4 aromatic rings. The first-order chi connectivity index (χ1) is 17.5. The number of piperidine rings is 1. The highest BCUT2D eigenvalue weighted by Crippen LogP contribution is 2.42. The van der Waals surface area contributed by atoms with Crippen LogP contribution >= 0.6 is 0 Å². The Hall–Kier alpha value is -3.37. The second-order valence-electron chi connectivity index (χ2n) is 10.2. The van der Waals surface area contributed by atoms with Crippen LogP contribution in [-0.4, -0.2) is 60.9 Å². The van der Waals surface area contributed by atoms with Gasteiger partial charge in [0, 0.05) is 36.8 Å². The highest BCUT2D eigenvalue weighted by atomic mass is 16.5. The van der Waals surface area contributed by atoms with E-state index in [0.29, 0.717) is 25.6 Å². The third-order valence-electron chi connectivity index (χ3n) is 6.96. The fourth-order valence-corrected chi connectivity index (χ4v) is 4.89. The molecule has 10 nitrogen and oxygen atoms in total. The van der Waals surface area contributed by atoms with E-state index in [1.807, 2.05) is 59.4 Å². The molecule has 1 saturated carbocycles. The summed E-state index contributed by atoms with van der Waals surface area (Å²) in [4.78, 5) is 9.68. The Balaban J connectivity index is 1.25. The summed E-state index contributed by atoms with van der Waals surface area (Å²) in [5.74, 6) is 3.17. The predicted octanol–water partition coefficient (Wildman–Crippen LogP) is 3.04. The minimum Gasteiger partial charge on any atom is -0.476 e. The predicted molar refractivity (Wildman–Crippen MR) is 139 cm³/mol. The molecule has 36 heavy (non-hydrogen) atoms. The number of rotatable bonds is 9. The Kier molecular flexibility index (Phi) is 6.14. The first-order valence-corrected chi connectivity index (χ1v) is 12.9. The smallest absolute Gasteiger partial charge is 0.199 e. The SMILES string of the molecule is CC(C)Oc1cccc2nc(CNc3cc(NC[C@H]4CCNC[C@@H]4O)nc4c(C5CC5)cnn34)cn12. The number of aliphatic hydroxyl groups is 1. The van der Waals surface area contributed by atoms with E-state index in [1.165, 1.54) is 18.4 Å². The summed E-state index contributed by atoms with van der Waals surface area (Å²) in [5.41, 5.74) is 3.84. The number of nitrogens with one attached hydrogen (secondary N) is 3. The van der Waals surface area contributed by atoms with Crippen molar-refractivity contribution in [2.75, 3.05) is 30.3 Å². The third kappa shape index (κ3) is 4.70. The molecule has 5 heterocycles. The van der Waals surface area contributed by atoms with Crippen LogP contribution in [0.15, 0.2) is 36.7 Å². The van der Waals surface area contributed by atoms with Crippen LogP contribution in [0.5, 0.6) is 5.88 Å². The van der Waals surface area contributed by atoms with Gasteiger partial charge in [0.2, 0.25) is 0 Å². The zero-order valence-corrected chi connectivity index (χ0v) is 20.8. The van der Waals surface area contributed by atoms with E-state index in [1.54, 1.807) is 0 Å². The van der Waals surface area contributed by atoms with Crippen molar-refractivity contribution in [2.24, 2.45) is 5.92 Å². The molecule has 4 N–H and O–H groups in total. The van der Waals surface area contributed by atoms with Crippen LogP contribution in [-0.2, 0) is 6.54 Å². The van der Waals surface area contributed by atoms with Crippen molar-refractivity contribution in [3.8, 4) is 5.88 Å². The maximum Gasteiger partial charge on any atom is 0.199 e. The Morgan fingerprint density at radius 1 is 1.19 bits per heavy atom. The van der Waals surface area contributed by atoms with Gasteiger partial charge in [0.25, 0.3) is 0 Å². The van der Waals surface area contributed by atoms with Crippen LogP contribution in [0.25, 0.3) is 11.3 Å². The number of aromatic nitrogens is 5. The van der Waals surface area contributed by atoms with Gasteiger partial charge in [-0.15, -0.1) is 0 Å². The van der Waals surface area contributed by atoms with Crippen LogP contribution < -0.4 is 20.7 Å². The van der Waals surface area contributed by atoms with Crippen molar-refractivity contribution in [1.82, 2.24) is 29.3 Å². The number of anilines is 2. The van der Waals surface area contributed by atoms with Crippen molar-refractivity contribution in [2.45, 2.75) is 57.8 Å². The summed E-state index contributed by atoms with van der Waals surface area (Å²) in [6.07, 6.45) is 7.02. The number of hydrogen-bond donors (Lipinski definition) is 4. The maximum absolute atomic E-state index is 10.3. The fraction of sp³-hybridized carbons (Fsp3) is 0.500. The summed E-state index contributed by atoms with van der Waals surface area (Å²) in [5, 5.41) is 25.2. The Morgan fingerprint density at radius 2 is 2.08 bits per heavy atom. The van der Waals surface area contributed by atoms with Gasteiger partial charge in [-0.2, -0.15) is 9.61 Å². The minimum atomic E-state index is -0.343. The van der Waals surface area contributed by atoms with Gasteiger partial charge in [0.1, 0.15) is 17.3 Å². The summed E-state index contributed by atoms with van der Waals surface area (Å²) >= 11 is 0. The van der Waals surface area contributed by atoms with E-state index in [0.717, 1.165) is 47.5 Å². The van der Waals surface area contributed by atoms with E-state index in [4.69, 9.17) is 14.7 Å². The topological polar surface area (TPSA) is 113 Å². The molecule has 2 atom stereocenters. The molecule has 0 spiro atoms.